The smallest absolute Gasteiger partial charge is 0.274 e. The SMILES string of the molecule is O=C(NO)c1ccc(C2=NC3CC=CC=C3N(CC3CC3)c3ncccc32)cc1. The van der Waals surface area contributed by atoms with E-state index >= 15 is 0 Å². The summed E-state index contributed by atoms with van der Waals surface area (Å²) in [6, 6.07) is 11.2. The number of anilines is 1. The summed E-state index contributed by atoms with van der Waals surface area (Å²) in [4.78, 5) is 23.9. The molecule has 0 bridgehead atoms. The molecule has 1 aliphatic heterocycles. The zero-order chi connectivity index (χ0) is 19.8. The Morgan fingerprint density at radius 2 is 2.03 bits per heavy atom. The first-order valence-electron chi connectivity index (χ1n) is 9.97. The Bertz CT molecular complexity index is 1040. The normalized spacial score (nSPS) is 20.2. The van der Waals surface area contributed by atoms with Gasteiger partial charge in [-0.2, -0.15) is 0 Å². The molecule has 6 heteroatoms. The zero-order valence-corrected chi connectivity index (χ0v) is 16.0. The number of hydrogen-bond acceptors (Lipinski definition) is 5. The summed E-state index contributed by atoms with van der Waals surface area (Å²) in [6.07, 6.45) is 11.7. The van der Waals surface area contributed by atoms with Gasteiger partial charge in [0.25, 0.3) is 5.91 Å². The third-order valence-corrected chi connectivity index (χ3v) is 5.66. The lowest BCUT2D eigenvalue weighted by Crippen LogP contribution is -2.31. The van der Waals surface area contributed by atoms with Crippen molar-refractivity contribution in [2.24, 2.45) is 10.9 Å². The Labute approximate surface area is 169 Å². The number of aromatic nitrogens is 1. The Morgan fingerprint density at radius 1 is 1.21 bits per heavy atom. The van der Waals surface area contributed by atoms with E-state index in [4.69, 9.17) is 15.2 Å². The molecule has 29 heavy (non-hydrogen) atoms. The van der Waals surface area contributed by atoms with Crippen LogP contribution in [0.15, 0.2) is 71.5 Å². The predicted molar refractivity (Wildman–Crippen MR) is 111 cm³/mol. The first-order valence-corrected chi connectivity index (χ1v) is 9.97. The van der Waals surface area contributed by atoms with Gasteiger partial charge in [0.05, 0.1) is 11.8 Å². The zero-order valence-electron chi connectivity index (χ0n) is 16.0. The van der Waals surface area contributed by atoms with Crippen molar-refractivity contribution in [1.29, 1.82) is 0 Å². The summed E-state index contributed by atoms with van der Waals surface area (Å²) in [5, 5.41) is 8.86. The second-order valence-corrected chi connectivity index (χ2v) is 7.70. The molecule has 0 saturated heterocycles. The molecule has 0 radical (unpaired) electrons. The van der Waals surface area contributed by atoms with Gasteiger partial charge in [-0.3, -0.25) is 15.0 Å². The molecular weight excluding hydrogens is 364 g/mol. The van der Waals surface area contributed by atoms with E-state index in [0.717, 1.165) is 41.5 Å². The van der Waals surface area contributed by atoms with E-state index in [1.807, 2.05) is 24.4 Å². The van der Waals surface area contributed by atoms with Crippen molar-refractivity contribution in [2.75, 3.05) is 11.4 Å². The minimum absolute atomic E-state index is 0.0448. The fourth-order valence-electron chi connectivity index (χ4n) is 3.96. The Hall–Kier alpha value is -3.25. The quantitative estimate of drug-likeness (QED) is 0.623. The number of pyridine rings is 1. The maximum absolute atomic E-state index is 11.7. The van der Waals surface area contributed by atoms with Gasteiger partial charge in [0.1, 0.15) is 5.82 Å². The van der Waals surface area contributed by atoms with Crippen LogP contribution in [0.1, 0.15) is 40.7 Å². The van der Waals surface area contributed by atoms with Gasteiger partial charge in [0, 0.05) is 35.1 Å². The lowest BCUT2D eigenvalue weighted by molar-refractivity contribution is 0.0706. The number of hydroxylamine groups is 1. The van der Waals surface area contributed by atoms with Crippen LogP contribution in [0.25, 0.3) is 0 Å². The molecule has 5 rings (SSSR count). The van der Waals surface area contributed by atoms with Crippen LogP contribution in [0.5, 0.6) is 0 Å². The summed E-state index contributed by atoms with van der Waals surface area (Å²) in [5.74, 6) is 1.13. The number of nitrogens with zero attached hydrogens (tertiary/aromatic N) is 3. The second kappa shape index (κ2) is 7.29. The van der Waals surface area contributed by atoms with Crippen molar-refractivity contribution in [3.05, 3.63) is 83.2 Å². The number of nitrogens with one attached hydrogen (secondary N) is 1. The summed E-state index contributed by atoms with van der Waals surface area (Å²) < 4.78 is 0. The molecule has 1 aromatic heterocycles. The largest absolute Gasteiger partial charge is 0.327 e. The van der Waals surface area contributed by atoms with Crippen LogP contribution in [0, 0.1) is 5.92 Å². The van der Waals surface area contributed by atoms with E-state index in [1.165, 1.54) is 18.5 Å². The van der Waals surface area contributed by atoms with Gasteiger partial charge in [-0.05, 0) is 55.5 Å². The molecular formula is C23H22N4O2. The Morgan fingerprint density at radius 3 is 2.79 bits per heavy atom. The van der Waals surface area contributed by atoms with E-state index in [2.05, 4.69) is 29.2 Å². The van der Waals surface area contributed by atoms with Gasteiger partial charge in [0.2, 0.25) is 0 Å². The van der Waals surface area contributed by atoms with Crippen LogP contribution in [0.4, 0.5) is 5.82 Å². The number of benzene rings is 1. The lowest BCUT2D eigenvalue weighted by atomic mass is 10.0. The fraction of sp³-hybridized carbons (Fsp3) is 0.261. The molecule has 6 nitrogen and oxygen atoms in total. The number of allylic oxidation sites excluding steroid dienone is 2. The fourth-order valence-corrected chi connectivity index (χ4v) is 3.96. The van der Waals surface area contributed by atoms with E-state index in [0.29, 0.717) is 5.56 Å². The number of carbonyl (C=O) groups excluding carboxylic acids is 1. The number of aliphatic imine (C=N–C) groups is 1. The molecule has 2 aromatic rings. The first-order chi connectivity index (χ1) is 14.2. The van der Waals surface area contributed by atoms with Gasteiger partial charge >= 0.3 is 0 Å². The number of hydrogen-bond donors (Lipinski definition) is 2. The predicted octanol–water partition coefficient (Wildman–Crippen LogP) is 3.48. The molecule has 1 unspecified atom stereocenters. The van der Waals surface area contributed by atoms with Gasteiger partial charge in [-0.1, -0.05) is 24.3 Å². The molecule has 1 amide bonds. The van der Waals surface area contributed by atoms with Crippen molar-refractivity contribution in [1.82, 2.24) is 10.5 Å². The van der Waals surface area contributed by atoms with Crippen LogP contribution >= 0.6 is 0 Å². The van der Waals surface area contributed by atoms with Crippen molar-refractivity contribution >= 4 is 17.4 Å². The van der Waals surface area contributed by atoms with Crippen molar-refractivity contribution in [2.45, 2.75) is 25.3 Å². The monoisotopic (exact) mass is 386 g/mol. The number of amides is 1. The average Bonchev–Trinajstić information content (AvgIpc) is 3.61. The van der Waals surface area contributed by atoms with Crippen LogP contribution in [-0.4, -0.2) is 34.4 Å². The van der Waals surface area contributed by atoms with E-state index in [9.17, 15) is 4.79 Å². The number of fused-ring (bicyclic) bond motifs is 2. The molecule has 2 N–H and O–H groups in total. The molecule has 2 aliphatic carbocycles. The second-order valence-electron chi connectivity index (χ2n) is 7.70. The molecule has 2 heterocycles. The maximum atomic E-state index is 11.7. The number of carbonyl (C=O) groups is 1. The van der Waals surface area contributed by atoms with E-state index in [-0.39, 0.29) is 6.04 Å². The summed E-state index contributed by atoms with van der Waals surface area (Å²) in [5.41, 5.74) is 6.08. The Kier molecular flexibility index (Phi) is 4.48. The maximum Gasteiger partial charge on any atom is 0.274 e. The van der Waals surface area contributed by atoms with E-state index in [1.54, 1.807) is 17.6 Å². The number of rotatable bonds is 4. The lowest BCUT2D eigenvalue weighted by Gasteiger charge is -2.30. The third-order valence-electron chi connectivity index (χ3n) is 5.66. The summed E-state index contributed by atoms with van der Waals surface area (Å²) in [6.45, 7) is 0.971. The highest BCUT2D eigenvalue weighted by Crippen LogP contribution is 2.38. The summed E-state index contributed by atoms with van der Waals surface area (Å²) >= 11 is 0. The molecule has 1 atom stereocenters. The van der Waals surface area contributed by atoms with Gasteiger partial charge in [-0.15, -0.1) is 0 Å². The highest BCUT2D eigenvalue weighted by atomic mass is 16.5. The van der Waals surface area contributed by atoms with Crippen molar-refractivity contribution in [3.63, 3.8) is 0 Å². The minimum Gasteiger partial charge on any atom is -0.327 e. The topological polar surface area (TPSA) is 77.8 Å². The summed E-state index contributed by atoms with van der Waals surface area (Å²) in [7, 11) is 0. The van der Waals surface area contributed by atoms with Gasteiger partial charge in [0.15, 0.2) is 0 Å². The third kappa shape index (κ3) is 3.36. The molecule has 0 spiro atoms. The standard InChI is InChI=1S/C23H22N4O2/c28-23(26-29)17-11-9-16(10-12-17)21-18-4-3-13-24-22(18)27(14-15-7-8-15)20-6-2-1-5-19(20)25-21/h1-4,6,9-13,15,19,29H,5,7-8,14H2,(H,26,28). The van der Waals surface area contributed by atoms with Gasteiger partial charge < -0.3 is 4.90 Å². The minimum atomic E-state index is -0.528. The first kappa shape index (κ1) is 17.8. The molecule has 1 aromatic carbocycles. The average molecular weight is 386 g/mol. The van der Waals surface area contributed by atoms with Crippen LogP contribution in [0.2, 0.25) is 0 Å². The Balaban J connectivity index is 1.62. The molecule has 1 saturated carbocycles. The van der Waals surface area contributed by atoms with Crippen LogP contribution < -0.4 is 10.4 Å². The van der Waals surface area contributed by atoms with Crippen LogP contribution in [0.3, 0.4) is 0 Å². The van der Waals surface area contributed by atoms with Gasteiger partial charge in [-0.25, -0.2) is 10.5 Å². The molecule has 1 fully saturated rings. The van der Waals surface area contributed by atoms with Crippen molar-refractivity contribution < 1.29 is 10.0 Å². The van der Waals surface area contributed by atoms with Crippen molar-refractivity contribution in [3.8, 4) is 0 Å². The highest BCUT2D eigenvalue weighted by Gasteiger charge is 2.34. The highest BCUT2D eigenvalue weighted by molar-refractivity contribution is 6.16. The van der Waals surface area contributed by atoms with E-state index < -0.39 is 5.91 Å². The molecule has 3 aliphatic rings. The molecule has 146 valence electrons. The van der Waals surface area contributed by atoms with Crippen LogP contribution in [-0.2, 0) is 0 Å².